The molecule has 3 N–H and O–H groups in total. The van der Waals surface area contributed by atoms with Crippen molar-refractivity contribution in [1.29, 1.82) is 0 Å². The number of furan rings is 1. The summed E-state index contributed by atoms with van der Waals surface area (Å²) < 4.78 is 11.3. The SMILES string of the molecule is CC(=O)c1c(O)c(C)c(O)c2c1OC1=CC(=O)/C(=C(/C)NCc3ccc(C)o3)C(=O)[C@@]12C. The van der Waals surface area contributed by atoms with Gasteiger partial charge in [0.25, 0.3) is 0 Å². The highest BCUT2D eigenvalue weighted by atomic mass is 16.5. The van der Waals surface area contributed by atoms with Crippen LogP contribution in [0.25, 0.3) is 0 Å². The zero-order valence-corrected chi connectivity index (χ0v) is 18.4. The van der Waals surface area contributed by atoms with Crippen LogP contribution in [-0.2, 0) is 21.5 Å². The van der Waals surface area contributed by atoms with Gasteiger partial charge in [0.2, 0.25) is 0 Å². The van der Waals surface area contributed by atoms with Gasteiger partial charge in [0.1, 0.15) is 45.5 Å². The van der Waals surface area contributed by atoms with Gasteiger partial charge in [0, 0.05) is 17.3 Å². The summed E-state index contributed by atoms with van der Waals surface area (Å²) in [6, 6.07) is 3.61. The summed E-state index contributed by atoms with van der Waals surface area (Å²) in [6.07, 6.45) is 1.19. The third kappa shape index (κ3) is 2.86. The molecule has 166 valence electrons. The number of hydrogen-bond donors (Lipinski definition) is 3. The largest absolute Gasteiger partial charge is 0.507 e. The minimum absolute atomic E-state index is 0.00325. The molecule has 0 unspecified atom stereocenters. The molecule has 1 aliphatic heterocycles. The molecule has 0 spiro atoms. The molecule has 8 nitrogen and oxygen atoms in total. The van der Waals surface area contributed by atoms with E-state index in [2.05, 4.69) is 5.32 Å². The van der Waals surface area contributed by atoms with Crippen molar-refractivity contribution in [3.8, 4) is 17.2 Å². The van der Waals surface area contributed by atoms with Crippen LogP contribution >= 0.6 is 0 Å². The number of carbonyl (C=O) groups is 3. The molecule has 0 saturated carbocycles. The fraction of sp³-hybridized carbons (Fsp3) is 0.292. The van der Waals surface area contributed by atoms with E-state index < -0.39 is 28.5 Å². The molecule has 0 radical (unpaired) electrons. The highest BCUT2D eigenvalue weighted by Crippen LogP contribution is 2.57. The molecule has 2 heterocycles. The van der Waals surface area contributed by atoms with E-state index in [1.54, 1.807) is 13.0 Å². The minimum Gasteiger partial charge on any atom is -0.507 e. The number of phenolic OH excluding ortho intramolecular Hbond substituents is 2. The van der Waals surface area contributed by atoms with Crippen molar-refractivity contribution in [3.05, 3.63) is 63.4 Å². The first kappa shape index (κ1) is 21.4. The number of ether oxygens (including phenoxy) is 1. The summed E-state index contributed by atoms with van der Waals surface area (Å²) in [5, 5.41) is 24.3. The molecule has 0 fully saturated rings. The normalized spacial score (nSPS) is 21.0. The fourth-order valence-electron chi connectivity index (χ4n) is 4.25. The molecule has 1 aromatic carbocycles. The van der Waals surface area contributed by atoms with Crippen LogP contribution in [0.15, 0.2) is 39.7 Å². The topological polar surface area (TPSA) is 126 Å². The van der Waals surface area contributed by atoms with E-state index in [0.29, 0.717) is 11.5 Å². The number of ketones is 3. The number of hydrogen-bond acceptors (Lipinski definition) is 8. The maximum absolute atomic E-state index is 13.7. The molecule has 1 atom stereocenters. The predicted molar refractivity (Wildman–Crippen MR) is 114 cm³/mol. The lowest BCUT2D eigenvalue weighted by molar-refractivity contribution is -0.123. The number of allylic oxidation sites excluding steroid dienone is 4. The van der Waals surface area contributed by atoms with E-state index in [1.807, 2.05) is 13.0 Å². The van der Waals surface area contributed by atoms with Crippen LogP contribution in [0.3, 0.4) is 0 Å². The monoisotopic (exact) mass is 437 g/mol. The summed E-state index contributed by atoms with van der Waals surface area (Å²) >= 11 is 0. The molecule has 8 heteroatoms. The first-order chi connectivity index (χ1) is 15.0. The Labute approximate surface area is 184 Å². The van der Waals surface area contributed by atoms with E-state index in [9.17, 15) is 24.6 Å². The number of carbonyl (C=O) groups excluding carboxylic acids is 3. The van der Waals surface area contributed by atoms with Gasteiger partial charge < -0.3 is 24.7 Å². The molecule has 2 aliphatic rings. The molecular weight excluding hydrogens is 414 g/mol. The number of nitrogens with one attached hydrogen (secondary N) is 1. The van der Waals surface area contributed by atoms with E-state index in [-0.39, 0.29) is 46.1 Å². The Kier molecular flexibility index (Phi) is 4.76. The zero-order chi connectivity index (χ0) is 23.5. The van der Waals surface area contributed by atoms with Gasteiger partial charge in [-0.25, -0.2) is 0 Å². The second-order valence-corrected chi connectivity index (χ2v) is 8.25. The van der Waals surface area contributed by atoms with E-state index in [1.165, 1.54) is 26.8 Å². The van der Waals surface area contributed by atoms with E-state index in [4.69, 9.17) is 9.15 Å². The van der Waals surface area contributed by atoms with Crippen LogP contribution in [0.2, 0.25) is 0 Å². The predicted octanol–water partition coefficient (Wildman–Crippen LogP) is 3.26. The zero-order valence-electron chi connectivity index (χ0n) is 18.4. The van der Waals surface area contributed by atoms with Gasteiger partial charge in [-0.1, -0.05) is 0 Å². The lowest BCUT2D eigenvalue weighted by Crippen LogP contribution is -2.41. The first-order valence-electron chi connectivity index (χ1n) is 10.1. The standard InChI is InChI=1S/C24H23NO7/c1-10-6-7-14(31-10)9-25-12(3)17-15(27)8-16-24(5,23(17)30)19-21(29)11(2)20(28)18(13(4)26)22(19)32-16/h6-8,25,28-29H,9H2,1-5H3/b17-12+/t24-/m0/s1. The van der Waals surface area contributed by atoms with Gasteiger partial charge in [-0.2, -0.15) is 0 Å². The Morgan fingerprint density at radius 2 is 1.81 bits per heavy atom. The minimum atomic E-state index is -1.53. The Morgan fingerprint density at radius 3 is 2.41 bits per heavy atom. The van der Waals surface area contributed by atoms with Gasteiger partial charge in [0.05, 0.1) is 17.7 Å². The molecule has 0 saturated heterocycles. The summed E-state index contributed by atoms with van der Waals surface area (Å²) in [4.78, 5) is 38.7. The number of aryl methyl sites for hydroxylation is 1. The Bertz CT molecular complexity index is 1280. The van der Waals surface area contributed by atoms with Crippen molar-refractivity contribution < 1.29 is 33.8 Å². The van der Waals surface area contributed by atoms with Crippen molar-refractivity contribution in [2.24, 2.45) is 0 Å². The van der Waals surface area contributed by atoms with Crippen molar-refractivity contribution in [2.45, 2.75) is 46.6 Å². The number of phenols is 2. The number of fused-ring (bicyclic) bond motifs is 3. The summed E-state index contributed by atoms with van der Waals surface area (Å²) in [5.41, 5.74) is -1.28. The highest BCUT2D eigenvalue weighted by Gasteiger charge is 2.56. The summed E-state index contributed by atoms with van der Waals surface area (Å²) in [7, 11) is 0. The second-order valence-electron chi connectivity index (χ2n) is 8.25. The number of rotatable bonds is 4. The van der Waals surface area contributed by atoms with Crippen LogP contribution in [0, 0.1) is 13.8 Å². The van der Waals surface area contributed by atoms with Crippen molar-refractivity contribution in [1.82, 2.24) is 5.32 Å². The molecule has 0 amide bonds. The fourth-order valence-corrected chi connectivity index (χ4v) is 4.25. The molecule has 1 aliphatic carbocycles. The van der Waals surface area contributed by atoms with Crippen LogP contribution in [-0.4, -0.2) is 27.6 Å². The van der Waals surface area contributed by atoms with Crippen molar-refractivity contribution >= 4 is 17.3 Å². The summed E-state index contributed by atoms with van der Waals surface area (Å²) in [6.45, 7) is 7.92. The average Bonchev–Trinajstić information content (AvgIpc) is 3.26. The molecule has 32 heavy (non-hydrogen) atoms. The quantitative estimate of drug-likeness (QED) is 0.378. The maximum Gasteiger partial charge on any atom is 0.194 e. The number of benzene rings is 1. The maximum atomic E-state index is 13.7. The van der Waals surface area contributed by atoms with E-state index >= 15 is 0 Å². The van der Waals surface area contributed by atoms with E-state index in [0.717, 1.165) is 5.76 Å². The van der Waals surface area contributed by atoms with Crippen LogP contribution in [0.1, 0.15) is 53.8 Å². The summed E-state index contributed by atoms with van der Waals surface area (Å²) in [5.74, 6) is -1.11. The van der Waals surface area contributed by atoms with Crippen LogP contribution < -0.4 is 10.1 Å². The van der Waals surface area contributed by atoms with Crippen molar-refractivity contribution in [3.63, 3.8) is 0 Å². The number of aromatic hydroxyl groups is 2. The van der Waals surface area contributed by atoms with Gasteiger partial charge in [0.15, 0.2) is 17.3 Å². The van der Waals surface area contributed by atoms with Gasteiger partial charge in [-0.15, -0.1) is 0 Å². The van der Waals surface area contributed by atoms with Gasteiger partial charge >= 0.3 is 0 Å². The highest BCUT2D eigenvalue weighted by molar-refractivity contribution is 6.31. The van der Waals surface area contributed by atoms with Crippen LogP contribution in [0.4, 0.5) is 0 Å². The molecule has 2 aromatic rings. The lowest BCUT2D eigenvalue weighted by Gasteiger charge is -2.29. The molecular formula is C24H23NO7. The molecule has 4 rings (SSSR count). The Balaban J connectivity index is 1.84. The van der Waals surface area contributed by atoms with Crippen LogP contribution in [0.5, 0.6) is 17.2 Å². The average molecular weight is 437 g/mol. The number of Topliss-reactive ketones (excluding diaryl/α,β-unsaturated/α-hetero) is 2. The van der Waals surface area contributed by atoms with Gasteiger partial charge in [-0.3, -0.25) is 14.4 Å². The molecule has 0 bridgehead atoms. The van der Waals surface area contributed by atoms with Crippen molar-refractivity contribution in [2.75, 3.05) is 0 Å². The lowest BCUT2D eigenvalue weighted by atomic mass is 9.70. The second kappa shape index (κ2) is 7.12. The first-order valence-corrected chi connectivity index (χ1v) is 10.1. The third-order valence-corrected chi connectivity index (χ3v) is 6.08. The Hall–Kier alpha value is -3.81. The molecule has 1 aromatic heterocycles. The Morgan fingerprint density at radius 1 is 1.12 bits per heavy atom. The van der Waals surface area contributed by atoms with Gasteiger partial charge in [-0.05, 0) is 46.8 Å². The third-order valence-electron chi connectivity index (χ3n) is 6.08. The smallest absolute Gasteiger partial charge is 0.194 e.